The van der Waals surface area contributed by atoms with Gasteiger partial charge in [-0.15, -0.1) is 0 Å². The van der Waals surface area contributed by atoms with Crippen LogP contribution in [-0.4, -0.2) is 18.3 Å². The molecule has 1 fully saturated rings. The van der Waals surface area contributed by atoms with E-state index in [2.05, 4.69) is 0 Å². The molecule has 1 N–H and O–H groups in total. The summed E-state index contributed by atoms with van der Waals surface area (Å²) < 4.78 is 5.02. The van der Waals surface area contributed by atoms with Gasteiger partial charge in [0.15, 0.2) is 0 Å². The Balaban J connectivity index is 2.62. The average Bonchev–Trinajstić information content (AvgIpc) is 2.09. The summed E-state index contributed by atoms with van der Waals surface area (Å²) in [6.45, 7) is 5.94. The molecule has 0 heterocycles. The van der Waals surface area contributed by atoms with Crippen molar-refractivity contribution in [2.24, 2.45) is 17.8 Å². The van der Waals surface area contributed by atoms with E-state index in [1.165, 1.54) is 6.42 Å². The van der Waals surface area contributed by atoms with Gasteiger partial charge in [-0.2, -0.15) is 0 Å². The van der Waals surface area contributed by atoms with Crippen LogP contribution in [0.1, 0.15) is 40.0 Å². The minimum Gasteiger partial charge on any atom is -0.466 e. The molecule has 3 nitrogen and oxygen atoms in total. The molecule has 0 spiro atoms. The molecular weight excluding hydrogens is 190 g/mol. The minimum absolute atomic E-state index is 0.0952. The summed E-state index contributed by atoms with van der Waals surface area (Å²) in [4.78, 5) is 11.6. The third-order valence-corrected chi connectivity index (χ3v) is 3.35. The zero-order chi connectivity index (χ0) is 11.4. The highest BCUT2D eigenvalue weighted by molar-refractivity contribution is 5.87. The topological polar surface area (TPSA) is 50.2 Å². The Morgan fingerprint density at radius 2 is 2.13 bits per heavy atom. The number of hydrogen-bond donors (Lipinski definition) is 1. The van der Waals surface area contributed by atoms with Gasteiger partial charge in [-0.25, -0.2) is 0 Å². The van der Waals surface area contributed by atoms with Gasteiger partial charge in [0.1, 0.15) is 0 Å². The van der Waals surface area contributed by atoms with E-state index in [9.17, 15) is 4.79 Å². The first-order chi connectivity index (χ1) is 7.07. The molecule has 15 heavy (non-hydrogen) atoms. The second-order valence-corrected chi connectivity index (χ2v) is 4.44. The molecule has 0 aromatic rings. The maximum Gasteiger partial charge on any atom is 0.309 e. The second-order valence-electron chi connectivity index (χ2n) is 4.44. The molecule has 1 aliphatic rings. The molecule has 0 saturated heterocycles. The first-order valence-electron chi connectivity index (χ1n) is 5.79. The Kier molecular flexibility index (Phi) is 4.30. The Morgan fingerprint density at radius 3 is 2.47 bits per heavy atom. The second kappa shape index (κ2) is 5.29. The van der Waals surface area contributed by atoms with Crippen LogP contribution in [0.25, 0.3) is 0 Å². The summed E-state index contributed by atoms with van der Waals surface area (Å²) in [5, 5.41) is 7.77. The lowest BCUT2D eigenvalue weighted by Gasteiger charge is -2.36. The maximum absolute atomic E-state index is 11.6. The number of carbonyl (C=O) groups is 1. The molecule has 0 aromatic carbocycles. The zero-order valence-electron chi connectivity index (χ0n) is 9.88. The van der Waals surface area contributed by atoms with Crippen LogP contribution in [0.15, 0.2) is 0 Å². The molecule has 0 aliphatic heterocycles. The van der Waals surface area contributed by atoms with E-state index >= 15 is 0 Å². The van der Waals surface area contributed by atoms with Crippen molar-refractivity contribution in [1.29, 1.82) is 5.41 Å². The quantitative estimate of drug-likeness (QED) is 0.561. The van der Waals surface area contributed by atoms with Crippen molar-refractivity contribution in [3.8, 4) is 0 Å². The highest BCUT2D eigenvalue weighted by atomic mass is 16.5. The van der Waals surface area contributed by atoms with Crippen molar-refractivity contribution in [2.75, 3.05) is 6.61 Å². The first-order valence-corrected chi connectivity index (χ1v) is 5.79. The lowest BCUT2D eigenvalue weighted by molar-refractivity contribution is -0.149. The highest BCUT2D eigenvalue weighted by Crippen LogP contribution is 2.38. The molecule has 0 radical (unpaired) electrons. The van der Waals surface area contributed by atoms with Crippen molar-refractivity contribution < 1.29 is 9.53 Å². The summed E-state index contributed by atoms with van der Waals surface area (Å²) in [6, 6.07) is 0. The van der Waals surface area contributed by atoms with Gasteiger partial charge in [-0.05, 0) is 32.6 Å². The van der Waals surface area contributed by atoms with E-state index in [0.29, 0.717) is 18.2 Å². The van der Waals surface area contributed by atoms with Crippen LogP contribution < -0.4 is 0 Å². The number of esters is 1. The molecule has 2 atom stereocenters. The van der Waals surface area contributed by atoms with Crippen LogP contribution in [-0.2, 0) is 9.53 Å². The van der Waals surface area contributed by atoms with Gasteiger partial charge in [-0.1, -0.05) is 13.3 Å². The van der Waals surface area contributed by atoms with E-state index < -0.39 is 0 Å². The van der Waals surface area contributed by atoms with E-state index in [1.807, 2.05) is 13.8 Å². The fourth-order valence-electron chi connectivity index (χ4n) is 2.36. The van der Waals surface area contributed by atoms with Gasteiger partial charge in [0, 0.05) is 11.6 Å². The van der Waals surface area contributed by atoms with Crippen LogP contribution in [0.3, 0.4) is 0 Å². The van der Waals surface area contributed by atoms with Gasteiger partial charge in [-0.3, -0.25) is 4.79 Å². The first kappa shape index (κ1) is 12.2. The van der Waals surface area contributed by atoms with E-state index in [-0.39, 0.29) is 17.8 Å². The summed E-state index contributed by atoms with van der Waals surface area (Å²) in [5.74, 6) is 0.313. The molecule has 1 aliphatic carbocycles. The fraction of sp³-hybridized carbons (Fsp3) is 0.833. The molecule has 3 heteroatoms. The van der Waals surface area contributed by atoms with Gasteiger partial charge in [0.25, 0.3) is 0 Å². The molecule has 1 rings (SSSR count). The van der Waals surface area contributed by atoms with E-state index in [0.717, 1.165) is 12.8 Å². The lowest BCUT2D eigenvalue weighted by Crippen LogP contribution is -2.36. The predicted octanol–water partition coefficient (Wildman–Crippen LogP) is 2.64. The van der Waals surface area contributed by atoms with Gasteiger partial charge in [0.2, 0.25) is 0 Å². The third-order valence-electron chi connectivity index (χ3n) is 3.35. The molecule has 86 valence electrons. The third kappa shape index (κ3) is 2.80. The van der Waals surface area contributed by atoms with E-state index in [1.54, 1.807) is 6.92 Å². The van der Waals surface area contributed by atoms with Crippen molar-refractivity contribution in [3.05, 3.63) is 0 Å². The van der Waals surface area contributed by atoms with Crippen LogP contribution in [0.5, 0.6) is 0 Å². The van der Waals surface area contributed by atoms with E-state index in [4.69, 9.17) is 10.1 Å². The van der Waals surface area contributed by atoms with Crippen LogP contribution in [0.4, 0.5) is 0 Å². The molecule has 0 amide bonds. The number of nitrogens with one attached hydrogen (secondary N) is 1. The Bertz CT molecular complexity index is 246. The largest absolute Gasteiger partial charge is 0.466 e. The normalized spacial score (nSPS) is 20.2. The molecule has 2 unspecified atom stereocenters. The number of carbonyl (C=O) groups excluding carboxylic acids is 1. The zero-order valence-corrected chi connectivity index (χ0v) is 9.88. The SMILES string of the molecule is CCOC(=O)C(C)C(C(C)=N)C1CCC1. The molecule has 0 aromatic heterocycles. The van der Waals surface area contributed by atoms with Crippen molar-refractivity contribution in [2.45, 2.75) is 40.0 Å². The maximum atomic E-state index is 11.6. The summed E-state index contributed by atoms with van der Waals surface area (Å²) in [5.41, 5.74) is 0.625. The van der Waals surface area contributed by atoms with Crippen molar-refractivity contribution in [1.82, 2.24) is 0 Å². The Morgan fingerprint density at radius 1 is 1.53 bits per heavy atom. The van der Waals surface area contributed by atoms with Crippen molar-refractivity contribution in [3.63, 3.8) is 0 Å². The molecular formula is C12H21NO2. The van der Waals surface area contributed by atoms with Crippen LogP contribution >= 0.6 is 0 Å². The minimum atomic E-state index is -0.159. The van der Waals surface area contributed by atoms with Gasteiger partial charge >= 0.3 is 5.97 Å². The smallest absolute Gasteiger partial charge is 0.309 e. The van der Waals surface area contributed by atoms with Crippen LogP contribution in [0.2, 0.25) is 0 Å². The lowest BCUT2D eigenvalue weighted by atomic mass is 9.69. The summed E-state index contributed by atoms with van der Waals surface area (Å²) in [6.07, 6.45) is 3.55. The molecule has 0 bridgehead atoms. The molecule has 1 saturated carbocycles. The Hall–Kier alpha value is -0.860. The van der Waals surface area contributed by atoms with Crippen LogP contribution in [0, 0.1) is 23.2 Å². The standard InChI is InChI=1S/C12H21NO2/c1-4-15-12(14)8(2)11(9(3)13)10-6-5-7-10/h8,10-11,13H,4-7H2,1-3H3. The fourth-order valence-corrected chi connectivity index (χ4v) is 2.36. The Labute approximate surface area is 91.7 Å². The number of rotatable bonds is 5. The van der Waals surface area contributed by atoms with Gasteiger partial charge < -0.3 is 10.1 Å². The summed E-state index contributed by atoms with van der Waals surface area (Å²) >= 11 is 0. The monoisotopic (exact) mass is 211 g/mol. The van der Waals surface area contributed by atoms with Gasteiger partial charge in [0.05, 0.1) is 12.5 Å². The number of hydrogen-bond acceptors (Lipinski definition) is 3. The summed E-state index contributed by atoms with van der Waals surface area (Å²) in [7, 11) is 0. The predicted molar refractivity (Wildman–Crippen MR) is 60.0 cm³/mol. The highest BCUT2D eigenvalue weighted by Gasteiger charge is 2.36. The average molecular weight is 211 g/mol. The number of ether oxygens (including phenoxy) is 1. The van der Waals surface area contributed by atoms with Crippen molar-refractivity contribution >= 4 is 11.7 Å².